The second kappa shape index (κ2) is 4.92. The summed E-state index contributed by atoms with van der Waals surface area (Å²) in [5, 5.41) is 9.45. The normalized spacial score (nSPS) is 18.1. The van der Waals surface area contributed by atoms with Gasteiger partial charge in [0.2, 0.25) is 0 Å². The zero-order valence-electron chi connectivity index (χ0n) is 10.8. The molecular formula is C15H15NO3S. The van der Waals surface area contributed by atoms with Crippen molar-refractivity contribution in [3.8, 4) is 0 Å². The number of anilines is 1. The zero-order valence-corrected chi connectivity index (χ0v) is 11.6. The van der Waals surface area contributed by atoms with Crippen LogP contribution >= 0.6 is 0 Å². The molecule has 0 aromatic heterocycles. The second-order valence-corrected chi connectivity index (χ2v) is 6.65. The number of fused-ring (bicyclic) bond motifs is 1. The minimum Gasteiger partial charge on any atom is -0.396 e. The number of nitrogens with zero attached hydrogens (tertiary/aromatic N) is 1. The van der Waals surface area contributed by atoms with Gasteiger partial charge in [-0.1, -0.05) is 36.4 Å². The number of benzene rings is 2. The van der Waals surface area contributed by atoms with Crippen molar-refractivity contribution in [1.29, 1.82) is 0 Å². The highest BCUT2D eigenvalue weighted by molar-refractivity contribution is 7.92. The van der Waals surface area contributed by atoms with E-state index in [-0.39, 0.29) is 24.0 Å². The molecule has 2 aromatic carbocycles. The summed E-state index contributed by atoms with van der Waals surface area (Å²) in [5.74, 6) is -0.162. The van der Waals surface area contributed by atoms with E-state index < -0.39 is 10.0 Å². The van der Waals surface area contributed by atoms with Crippen LogP contribution < -0.4 is 4.31 Å². The molecule has 0 bridgehead atoms. The Kier molecular flexibility index (Phi) is 3.23. The summed E-state index contributed by atoms with van der Waals surface area (Å²) < 4.78 is 26.8. The lowest BCUT2D eigenvalue weighted by Crippen LogP contribution is -2.30. The van der Waals surface area contributed by atoms with E-state index in [4.69, 9.17) is 0 Å². The van der Waals surface area contributed by atoms with E-state index in [0.29, 0.717) is 5.69 Å². The van der Waals surface area contributed by atoms with E-state index in [9.17, 15) is 13.5 Å². The Morgan fingerprint density at radius 3 is 2.40 bits per heavy atom. The Hall–Kier alpha value is -1.85. The van der Waals surface area contributed by atoms with Crippen LogP contribution in [0.15, 0.2) is 59.5 Å². The van der Waals surface area contributed by atoms with Crippen LogP contribution in [-0.4, -0.2) is 26.7 Å². The molecule has 0 spiro atoms. The van der Waals surface area contributed by atoms with Crippen molar-refractivity contribution in [1.82, 2.24) is 0 Å². The molecule has 0 aliphatic carbocycles. The third kappa shape index (κ3) is 1.99. The Labute approximate surface area is 118 Å². The van der Waals surface area contributed by atoms with Crippen molar-refractivity contribution in [3.05, 3.63) is 60.2 Å². The molecule has 0 amide bonds. The third-order valence-corrected chi connectivity index (χ3v) is 5.38. The number of sulfonamides is 1. The first-order chi connectivity index (χ1) is 9.64. The second-order valence-electron chi connectivity index (χ2n) is 4.79. The molecular weight excluding hydrogens is 274 g/mol. The average molecular weight is 289 g/mol. The SMILES string of the molecule is O=S(=O)(c1ccccc1)N1CC(CO)c2ccccc21. The lowest BCUT2D eigenvalue weighted by atomic mass is 10.0. The summed E-state index contributed by atoms with van der Waals surface area (Å²) >= 11 is 0. The molecule has 0 saturated carbocycles. The molecule has 1 heterocycles. The number of aliphatic hydroxyl groups excluding tert-OH is 1. The Morgan fingerprint density at radius 2 is 1.70 bits per heavy atom. The van der Waals surface area contributed by atoms with Gasteiger partial charge in [-0.3, -0.25) is 4.31 Å². The summed E-state index contributed by atoms with van der Waals surface area (Å²) in [6.07, 6.45) is 0. The zero-order chi connectivity index (χ0) is 14.2. The van der Waals surface area contributed by atoms with Gasteiger partial charge in [0.05, 0.1) is 17.2 Å². The van der Waals surface area contributed by atoms with E-state index in [0.717, 1.165) is 5.56 Å². The summed E-state index contributed by atoms with van der Waals surface area (Å²) in [6.45, 7) is 0.227. The van der Waals surface area contributed by atoms with Gasteiger partial charge >= 0.3 is 0 Å². The lowest BCUT2D eigenvalue weighted by molar-refractivity contribution is 0.272. The molecule has 0 radical (unpaired) electrons. The van der Waals surface area contributed by atoms with Crippen LogP contribution in [0.25, 0.3) is 0 Å². The highest BCUT2D eigenvalue weighted by Gasteiger charge is 2.35. The molecule has 3 rings (SSSR count). The van der Waals surface area contributed by atoms with Crippen LogP contribution in [0.1, 0.15) is 11.5 Å². The Balaban J connectivity index is 2.09. The molecule has 0 saturated heterocycles. The van der Waals surface area contributed by atoms with E-state index in [2.05, 4.69) is 0 Å². The molecule has 20 heavy (non-hydrogen) atoms. The van der Waals surface area contributed by atoms with Crippen LogP contribution in [0.5, 0.6) is 0 Å². The number of rotatable bonds is 3. The van der Waals surface area contributed by atoms with Gasteiger partial charge in [0, 0.05) is 12.5 Å². The van der Waals surface area contributed by atoms with Crippen molar-refractivity contribution in [2.75, 3.05) is 17.5 Å². The van der Waals surface area contributed by atoms with Crippen LogP contribution in [-0.2, 0) is 10.0 Å². The van der Waals surface area contributed by atoms with Crippen LogP contribution in [0.4, 0.5) is 5.69 Å². The van der Waals surface area contributed by atoms with Gasteiger partial charge in [0.15, 0.2) is 0 Å². The first-order valence-corrected chi connectivity index (χ1v) is 7.86. The predicted octanol–water partition coefficient (Wildman–Crippen LogP) is 1.97. The highest BCUT2D eigenvalue weighted by atomic mass is 32.2. The average Bonchev–Trinajstić information content (AvgIpc) is 2.88. The first-order valence-electron chi connectivity index (χ1n) is 6.42. The van der Waals surface area contributed by atoms with Crippen molar-refractivity contribution in [2.45, 2.75) is 10.8 Å². The highest BCUT2D eigenvalue weighted by Crippen LogP contribution is 2.38. The van der Waals surface area contributed by atoms with E-state index in [1.807, 2.05) is 18.2 Å². The summed E-state index contributed by atoms with van der Waals surface area (Å²) in [4.78, 5) is 0.272. The third-order valence-electron chi connectivity index (χ3n) is 3.58. The van der Waals surface area contributed by atoms with Gasteiger partial charge in [-0.15, -0.1) is 0 Å². The van der Waals surface area contributed by atoms with Crippen molar-refractivity contribution < 1.29 is 13.5 Å². The molecule has 1 aliphatic rings. The van der Waals surface area contributed by atoms with Gasteiger partial charge < -0.3 is 5.11 Å². The summed E-state index contributed by atoms with van der Waals surface area (Å²) in [7, 11) is -3.57. The Morgan fingerprint density at radius 1 is 1.05 bits per heavy atom. The van der Waals surface area contributed by atoms with Crippen molar-refractivity contribution in [2.24, 2.45) is 0 Å². The van der Waals surface area contributed by atoms with Crippen LogP contribution in [0, 0.1) is 0 Å². The first kappa shape index (κ1) is 13.1. The molecule has 1 atom stereocenters. The van der Waals surface area contributed by atoms with Crippen molar-refractivity contribution in [3.63, 3.8) is 0 Å². The molecule has 104 valence electrons. The van der Waals surface area contributed by atoms with Gasteiger partial charge in [0.25, 0.3) is 10.0 Å². The topological polar surface area (TPSA) is 57.6 Å². The summed E-state index contributed by atoms with van der Waals surface area (Å²) in [6, 6.07) is 15.7. The maximum absolute atomic E-state index is 12.7. The van der Waals surface area contributed by atoms with E-state index in [1.54, 1.807) is 36.4 Å². The molecule has 1 unspecified atom stereocenters. The van der Waals surface area contributed by atoms with Crippen LogP contribution in [0.3, 0.4) is 0 Å². The van der Waals surface area contributed by atoms with Crippen LogP contribution in [0.2, 0.25) is 0 Å². The monoisotopic (exact) mass is 289 g/mol. The Bertz CT molecular complexity index is 713. The van der Waals surface area contributed by atoms with Gasteiger partial charge in [-0.2, -0.15) is 0 Å². The predicted molar refractivity (Wildman–Crippen MR) is 77.2 cm³/mol. The van der Waals surface area contributed by atoms with E-state index >= 15 is 0 Å². The quantitative estimate of drug-likeness (QED) is 0.940. The number of hydrogen-bond donors (Lipinski definition) is 1. The maximum Gasteiger partial charge on any atom is 0.264 e. The van der Waals surface area contributed by atoms with Gasteiger partial charge in [0.1, 0.15) is 0 Å². The molecule has 1 aliphatic heterocycles. The largest absolute Gasteiger partial charge is 0.396 e. The summed E-state index contributed by atoms with van der Waals surface area (Å²) in [5.41, 5.74) is 1.55. The minimum absolute atomic E-state index is 0.0577. The number of para-hydroxylation sites is 1. The number of hydrogen-bond acceptors (Lipinski definition) is 3. The molecule has 0 fully saturated rings. The smallest absolute Gasteiger partial charge is 0.264 e. The fourth-order valence-corrected chi connectivity index (χ4v) is 4.12. The minimum atomic E-state index is -3.57. The standard InChI is InChI=1S/C15H15NO3S/c17-11-12-10-16(15-9-5-4-8-14(12)15)20(18,19)13-6-2-1-3-7-13/h1-9,12,17H,10-11H2. The fraction of sp³-hybridized carbons (Fsp3) is 0.200. The fourth-order valence-electron chi connectivity index (χ4n) is 2.56. The number of aliphatic hydroxyl groups is 1. The molecule has 5 heteroatoms. The van der Waals surface area contributed by atoms with Gasteiger partial charge in [-0.05, 0) is 23.8 Å². The van der Waals surface area contributed by atoms with Gasteiger partial charge in [-0.25, -0.2) is 8.42 Å². The molecule has 2 aromatic rings. The molecule has 1 N–H and O–H groups in total. The lowest BCUT2D eigenvalue weighted by Gasteiger charge is -2.19. The van der Waals surface area contributed by atoms with E-state index in [1.165, 1.54) is 4.31 Å². The molecule has 4 nitrogen and oxygen atoms in total. The maximum atomic E-state index is 12.7. The van der Waals surface area contributed by atoms with Crippen molar-refractivity contribution >= 4 is 15.7 Å².